The SMILES string of the molecule is CCCCN(CCCC)CC(=O)Nc1cccc(C)c1. The lowest BCUT2D eigenvalue weighted by Gasteiger charge is -2.21. The van der Waals surface area contributed by atoms with E-state index in [2.05, 4.69) is 24.1 Å². The van der Waals surface area contributed by atoms with Gasteiger partial charge < -0.3 is 5.32 Å². The van der Waals surface area contributed by atoms with Gasteiger partial charge >= 0.3 is 0 Å². The third kappa shape index (κ3) is 6.71. The molecule has 0 unspecified atom stereocenters. The number of hydrogen-bond acceptors (Lipinski definition) is 2. The predicted octanol–water partition coefficient (Wildman–Crippen LogP) is 3.84. The van der Waals surface area contributed by atoms with Crippen molar-refractivity contribution in [3.63, 3.8) is 0 Å². The monoisotopic (exact) mass is 276 g/mol. The Bertz CT molecular complexity index is 396. The molecule has 0 aromatic heterocycles. The summed E-state index contributed by atoms with van der Waals surface area (Å²) >= 11 is 0. The van der Waals surface area contributed by atoms with Crippen LogP contribution >= 0.6 is 0 Å². The fourth-order valence-electron chi connectivity index (χ4n) is 2.16. The van der Waals surface area contributed by atoms with Crippen LogP contribution in [0.2, 0.25) is 0 Å². The number of unbranched alkanes of at least 4 members (excludes halogenated alkanes) is 2. The second-order valence-corrected chi connectivity index (χ2v) is 5.40. The van der Waals surface area contributed by atoms with Crippen molar-refractivity contribution in [1.82, 2.24) is 4.90 Å². The number of nitrogens with zero attached hydrogens (tertiary/aromatic N) is 1. The van der Waals surface area contributed by atoms with Crippen LogP contribution in [0.4, 0.5) is 5.69 Å². The molecule has 112 valence electrons. The van der Waals surface area contributed by atoms with Crippen LogP contribution in [0.5, 0.6) is 0 Å². The van der Waals surface area contributed by atoms with Crippen LogP contribution < -0.4 is 5.32 Å². The summed E-state index contributed by atoms with van der Waals surface area (Å²) in [6, 6.07) is 7.94. The third-order valence-electron chi connectivity index (χ3n) is 3.32. The van der Waals surface area contributed by atoms with E-state index in [9.17, 15) is 4.79 Å². The van der Waals surface area contributed by atoms with Gasteiger partial charge in [-0.15, -0.1) is 0 Å². The van der Waals surface area contributed by atoms with Gasteiger partial charge in [0.05, 0.1) is 6.54 Å². The summed E-state index contributed by atoms with van der Waals surface area (Å²) in [5.74, 6) is 0.0859. The first kappa shape index (κ1) is 16.7. The maximum Gasteiger partial charge on any atom is 0.238 e. The van der Waals surface area contributed by atoms with Crippen LogP contribution in [-0.4, -0.2) is 30.4 Å². The summed E-state index contributed by atoms with van der Waals surface area (Å²) in [7, 11) is 0. The van der Waals surface area contributed by atoms with Crippen molar-refractivity contribution in [2.45, 2.75) is 46.5 Å². The Labute approximate surface area is 123 Å². The average molecular weight is 276 g/mol. The van der Waals surface area contributed by atoms with Crippen molar-refractivity contribution < 1.29 is 4.79 Å². The molecule has 1 amide bonds. The van der Waals surface area contributed by atoms with Gasteiger partial charge in [-0.1, -0.05) is 38.8 Å². The van der Waals surface area contributed by atoms with Gasteiger partial charge in [-0.05, 0) is 50.6 Å². The van der Waals surface area contributed by atoms with E-state index in [0.29, 0.717) is 6.54 Å². The van der Waals surface area contributed by atoms with Gasteiger partial charge in [-0.3, -0.25) is 9.69 Å². The van der Waals surface area contributed by atoms with E-state index >= 15 is 0 Å². The number of carbonyl (C=O) groups is 1. The molecule has 20 heavy (non-hydrogen) atoms. The minimum atomic E-state index is 0.0859. The maximum absolute atomic E-state index is 12.1. The Hall–Kier alpha value is -1.35. The van der Waals surface area contributed by atoms with Gasteiger partial charge in [0.25, 0.3) is 0 Å². The molecule has 0 aliphatic carbocycles. The number of aryl methyl sites for hydroxylation is 1. The van der Waals surface area contributed by atoms with E-state index < -0.39 is 0 Å². The smallest absolute Gasteiger partial charge is 0.238 e. The number of hydrogen-bond donors (Lipinski definition) is 1. The summed E-state index contributed by atoms with van der Waals surface area (Å²) in [6.45, 7) is 8.92. The number of nitrogens with one attached hydrogen (secondary N) is 1. The molecule has 0 saturated heterocycles. The molecule has 3 nitrogen and oxygen atoms in total. The topological polar surface area (TPSA) is 32.3 Å². The summed E-state index contributed by atoms with van der Waals surface area (Å²) in [4.78, 5) is 14.4. The third-order valence-corrected chi connectivity index (χ3v) is 3.32. The molecule has 1 aromatic carbocycles. The number of rotatable bonds is 9. The lowest BCUT2D eigenvalue weighted by Crippen LogP contribution is -2.34. The van der Waals surface area contributed by atoms with Gasteiger partial charge in [0, 0.05) is 5.69 Å². The van der Waals surface area contributed by atoms with Crippen molar-refractivity contribution in [1.29, 1.82) is 0 Å². The number of anilines is 1. The predicted molar refractivity (Wildman–Crippen MR) is 86.1 cm³/mol. The van der Waals surface area contributed by atoms with Crippen molar-refractivity contribution in [2.24, 2.45) is 0 Å². The lowest BCUT2D eigenvalue weighted by atomic mass is 10.2. The molecule has 0 atom stereocenters. The molecule has 0 aliphatic rings. The number of benzene rings is 1. The molecule has 1 aromatic rings. The zero-order chi connectivity index (χ0) is 14.8. The summed E-state index contributed by atoms with van der Waals surface area (Å²) in [6.07, 6.45) is 4.65. The summed E-state index contributed by atoms with van der Waals surface area (Å²) < 4.78 is 0. The summed E-state index contributed by atoms with van der Waals surface area (Å²) in [5.41, 5.74) is 2.05. The van der Waals surface area contributed by atoms with Gasteiger partial charge in [0.1, 0.15) is 0 Å². The second-order valence-electron chi connectivity index (χ2n) is 5.40. The average Bonchev–Trinajstić information content (AvgIpc) is 2.41. The van der Waals surface area contributed by atoms with E-state index in [1.807, 2.05) is 31.2 Å². The second kappa shape index (κ2) is 9.54. The molecule has 0 radical (unpaired) electrons. The maximum atomic E-state index is 12.1. The minimum Gasteiger partial charge on any atom is -0.325 e. The van der Waals surface area contributed by atoms with Crippen LogP contribution in [0.15, 0.2) is 24.3 Å². The quantitative estimate of drug-likeness (QED) is 0.743. The molecule has 0 saturated carbocycles. The van der Waals surface area contributed by atoms with Crippen molar-refractivity contribution >= 4 is 11.6 Å². The molecule has 0 spiro atoms. The molecular formula is C17H28N2O. The Morgan fingerprint density at radius 1 is 1.15 bits per heavy atom. The Morgan fingerprint density at radius 3 is 2.35 bits per heavy atom. The zero-order valence-electron chi connectivity index (χ0n) is 13.1. The highest BCUT2D eigenvalue weighted by atomic mass is 16.2. The van der Waals surface area contributed by atoms with E-state index in [0.717, 1.165) is 37.2 Å². The van der Waals surface area contributed by atoms with Crippen molar-refractivity contribution in [3.05, 3.63) is 29.8 Å². The zero-order valence-corrected chi connectivity index (χ0v) is 13.1. The highest BCUT2D eigenvalue weighted by Crippen LogP contribution is 2.09. The fourth-order valence-corrected chi connectivity index (χ4v) is 2.16. The molecule has 1 rings (SSSR count). The van der Waals surface area contributed by atoms with E-state index in [1.165, 1.54) is 12.8 Å². The normalized spacial score (nSPS) is 10.8. The van der Waals surface area contributed by atoms with Crippen LogP contribution in [0, 0.1) is 6.92 Å². The molecule has 0 aliphatic heterocycles. The van der Waals surface area contributed by atoms with E-state index in [4.69, 9.17) is 0 Å². The van der Waals surface area contributed by atoms with Crippen LogP contribution in [0.1, 0.15) is 45.1 Å². The van der Waals surface area contributed by atoms with Crippen LogP contribution in [0.3, 0.4) is 0 Å². The fraction of sp³-hybridized carbons (Fsp3) is 0.588. The highest BCUT2D eigenvalue weighted by molar-refractivity contribution is 5.92. The molecule has 0 bridgehead atoms. The number of amides is 1. The summed E-state index contributed by atoms with van der Waals surface area (Å²) in [5, 5.41) is 2.99. The first-order chi connectivity index (χ1) is 9.65. The largest absolute Gasteiger partial charge is 0.325 e. The van der Waals surface area contributed by atoms with Gasteiger partial charge in [0.2, 0.25) is 5.91 Å². The Kier molecular flexibility index (Phi) is 7.97. The standard InChI is InChI=1S/C17H28N2O/c1-4-6-11-19(12-7-5-2)14-17(20)18-16-10-8-9-15(3)13-16/h8-10,13H,4-7,11-12,14H2,1-3H3,(H,18,20). The van der Waals surface area contributed by atoms with Crippen molar-refractivity contribution in [3.8, 4) is 0 Å². The van der Waals surface area contributed by atoms with E-state index in [-0.39, 0.29) is 5.91 Å². The highest BCUT2D eigenvalue weighted by Gasteiger charge is 2.10. The number of carbonyl (C=O) groups excluding carboxylic acids is 1. The molecule has 1 N–H and O–H groups in total. The Morgan fingerprint density at radius 2 is 1.80 bits per heavy atom. The first-order valence-corrected chi connectivity index (χ1v) is 7.74. The molecular weight excluding hydrogens is 248 g/mol. The Balaban J connectivity index is 2.47. The first-order valence-electron chi connectivity index (χ1n) is 7.74. The lowest BCUT2D eigenvalue weighted by molar-refractivity contribution is -0.117. The molecule has 0 fully saturated rings. The minimum absolute atomic E-state index is 0.0859. The van der Waals surface area contributed by atoms with Crippen LogP contribution in [0.25, 0.3) is 0 Å². The van der Waals surface area contributed by atoms with Gasteiger partial charge in [0.15, 0.2) is 0 Å². The molecule has 3 heteroatoms. The van der Waals surface area contributed by atoms with Crippen LogP contribution in [-0.2, 0) is 4.79 Å². The van der Waals surface area contributed by atoms with Gasteiger partial charge in [-0.2, -0.15) is 0 Å². The van der Waals surface area contributed by atoms with E-state index in [1.54, 1.807) is 0 Å². The van der Waals surface area contributed by atoms with Crippen molar-refractivity contribution in [2.75, 3.05) is 25.0 Å². The van der Waals surface area contributed by atoms with Gasteiger partial charge in [-0.25, -0.2) is 0 Å². The molecule has 0 heterocycles.